The maximum Gasteiger partial charge on any atom is 0.306 e. The Hall–Kier alpha value is -2.89. The molecule has 0 rings (SSSR count). The van der Waals surface area contributed by atoms with E-state index < -0.39 is 6.10 Å². The molecule has 6 nitrogen and oxygen atoms in total. The van der Waals surface area contributed by atoms with Crippen LogP contribution in [0.1, 0.15) is 233 Å². The summed E-state index contributed by atoms with van der Waals surface area (Å²) >= 11 is 0. The van der Waals surface area contributed by atoms with Gasteiger partial charge in [0.1, 0.15) is 13.2 Å². The summed E-state index contributed by atoms with van der Waals surface area (Å²) in [4.78, 5) is 37.8. The van der Waals surface area contributed by atoms with E-state index in [1.807, 2.05) is 0 Å². The molecule has 0 unspecified atom stereocenters. The molecule has 0 fully saturated rings. The normalized spacial score (nSPS) is 12.5. The summed E-state index contributed by atoms with van der Waals surface area (Å²) in [5.74, 6) is -0.949. The highest BCUT2D eigenvalue weighted by atomic mass is 16.6. The number of carbonyl (C=O) groups excluding carboxylic acids is 3. The number of allylic oxidation sites excluding steroid dienone is 10. The number of esters is 3. The zero-order valence-electron chi connectivity index (χ0n) is 38.0. The molecule has 0 aromatic carbocycles. The second-order valence-electron chi connectivity index (χ2n) is 16.0. The van der Waals surface area contributed by atoms with Gasteiger partial charge in [-0.25, -0.2) is 0 Å². The molecule has 0 aliphatic carbocycles. The predicted octanol–water partition coefficient (Wildman–Crippen LogP) is 15.7. The lowest BCUT2D eigenvalue weighted by molar-refractivity contribution is -0.167. The van der Waals surface area contributed by atoms with Gasteiger partial charge in [0.15, 0.2) is 6.10 Å². The first kappa shape index (κ1) is 55.1. The maximum absolute atomic E-state index is 12.7. The zero-order valence-corrected chi connectivity index (χ0v) is 38.0. The lowest BCUT2D eigenvalue weighted by Gasteiger charge is -2.18. The van der Waals surface area contributed by atoms with Crippen LogP contribution in [0.3, 0.4) is 0 Å². The lowest BCUT2D eigenvalue weighted by atomic mass is 10.0. The highest BCUT2D eigenvalue weighted by Crippen LogP contribution is 2.15. The Morgan fingerprint density at radius 2 is 0.672 bits per heavy atom. The molecule has 0 aromatic rings. The quantitative estimate of drug-likeness (QED) is 0.0264. The third-order valence-corrected chi connectivity index (χ3v) is 10.3. The molecule has 0 saturated carbocycles. The fourth-order valence-electron chi connectivity index (χ4n) is 6.65. The fraction of sp³-hybridized carbons (Fsp3) is 0.750. The number of unbranched alkanes of at least 4 members (excludes halogenated alkanes) is 22. The van der Waals surface area contributed by atoms with E-state index >= 15 is 0 Å². The SMILES string of the molecule is CC/C=C\C/C=C\C/C=C\C/C=C\C/C=C\CCCC(=O)OC[C@@H](COC(=O)CCCCCCCCCCCC)OC(=O)CCCCCCCCCCCCCCC. The van der Waals surface area contributed by atoms with Crippen molar-refractivity contribution < 1.29 is 28.6 Å². The van der Waals surface area contributed by atoms with Crippen LogP contribution >= 0.6 is 0 Å². The van der Waals surface area contributed by atoms with Crippen molar-refractivity contribution in [2.24, 2.45) is 0 Å². The molecule has 0 spiro atoms. The Morgan fingerprint density at radius 3 is 1.05 bits per heavy atom. The van der Waals surface area contributed by atoms with Crippen molar-refractivity contribution in [3.8, 4) is 0 Å². The largest absolute Gasteiger partial charge is 0.462 e. The monoisotopic (exact) mass is 811 g/mol. The first-order valence-corrected chi connectivity index (χ1v) is 24.3. The van der Waals surface area contributed by atoms with Gasteiger partial charge in [-0.1, -0.05) is 216 Å². The molecule has 1 atom stereocenters. The van der Waals surface area contributed by atoms with Crippen LogP contribution in [0.2, 0.25) is 0 Å². The van der Waals surface area contributed by atoms with E-state index in [2.05, 4.69) is 81.5 Å². The van der Waals surface area contributed by atoms with Crippen LogP contribution in [0, 0.1) is 0 Å². The van der Waals surface area contributed by atoms with Crippen LogP contribution in [-0.2, 0) is 28.6 Å². The van der Waals surface area contributed by atoms with Gasteiger partial charge in [0.05, 0.1) is 0 Å². The van der Waals surface area contributed by atoms with Crippen molar-refractivity contribution in [3.63, 3.8) is 0 Å². The van der Waals surface area contributed by atoms with E-state index in [4.69, 9.17) is 14.2 Å². The van der Waals surface area contributed by atoms with Crippen molar-refractivity contribution in [1.82, 2.24) is 0 Å². The Balaban J connectivity index is 4.44. The predicted molar refractivity (Wildman–Crippen MR) is 247 cm³/mol. The average Bonchev–Trinajstić information content (AvgIpc) is 3.22. The van der Waals surface area contributed by atoms with Gasteiger partial charge in [-0.15, -0.1) is 0 Å². The molecule has 0 aliphatic heterocycles. The van der Waals surface area contributed by atoms with Gasteiger partial charge >= 0.3 is 17.9 Å². The molecular weight excluding hydrogens is 721 g/mol. The van der Waals surface area contributed by atoms with Gasteiger partial charge in [-0.05, 0) is 57.8 Å². The van der Waals surface area contributed by atoms with E-state index in [9.17, 15) is 14.4 Å². The van der Waals surface area contributed by atoms with Crippen molar-refractivity contribution in [2.75, 3.05) is 13.2 Å². The molecular formula is C52H90O6. The van der Waals surface area contributed by atoms with Gasteiger partial charge < -0.3 is 14.2 Å². The first-order chi connectivity index (χ1) is 28.5. The second-order valence-corrected chi connectivity index (χ2v) is 16.0. The molecule has 0 radical (unpaired) electrons. The van der Waals surface area contributed by atoms with Gasteiger partial charge in [0.2, 0.25) is 0 Å². The first-order valence-electron chi connectivity index (χ1n) is 24.3. The summed E-state index contributed by atoms with van der Waals surface area (Å²) in [5, 5.41) is 0. The molecule has 0 aromatic heterocycles. The summed E-state index contributed by atoms with van der Waals surface area (Å²) in [5.41, 5.74) is 0. The highest BCUT2D eigenvalue weighted by Gasteiger charge is 2.19. The molecule has 0 N–H and O–H groups in total. The van der Waals surface area contributed by atoms with Crippen molar-refractivity contribution in [3.05, 3.63) is 60.8 Å². The molecule has 0 aliphatic rings. The number of rotatable bonds is 43. The number of ether oxygens (including phenoxy) is 3. The van der Waals surface area contributed by atoms with Gasteiger partial charge in [0, 0.05) is 19.3 Å². The minimum atomic E-state index is -0.791. The van der Waals surface area contributed by atoms with E-state index in [1.54, 1.807) is 0 Å². The van der Waals surface area contributed by atoms with Gasteiger partial charge in [-0.2, -0.15) is 0 Å². The summed E-state index contributed by atoms with van der Waals surface area (Å²) in [6.07, 6.45) is 56.3. The second kappa shape index (κ2) is 46.8. The standard InChI is InChI=1S/C52H90O6/c1-4-7-10-13-16-19-22-24-25-26-27-29-30-33-36-39-42-45-51(54)57-48-49(47-56-50(53)44-41-38-35-32-21-18-15-12-9-6-3)58-52(55)46-43-40-37-34-31-28-23-20-17-14-11-8-5-2/h7,10,16,19,24-25,27,29,33,36,49H,4-6,8-9,11-15,17-18,20-23,26,28,30-32,34-35,37-48H2,1-3H3/b10-7-,19-16-,25-24-,29-27-,36-33-/t49-/m1/s1. The number of hydrogen-bond donors (Lipinski definition) is 0. The smallest absolute Gasteiger partial charge is 0.306 e. The molecule has 0 bridgehead atoms. The minimum absolute atomic E-state index is 0.0890. The third kappa shape index (κ3) is 44.2. The van der Waals surface area contributed by atoms with Crippen LogP contribution in [-0.4, -0.2) is 37.2 Å². The molecule has 334 valence electrons. The van der Waals surface area contributed by atoms with Gasteiger partial charge in [-0.3, -0.25) is 14.4 Å². The summed E-state index contributed by atoms with van der Waals surface area (Å²) in [6.45, 7) is 6.46. The lowest BCUT2D eigenvalue weighted by Crippen LogP contribution is -2.30. The van der Waals surface area contributed by atoms with E-state index in [0.717, 1.165) is 77.0 Å². The summed E-state index contributed by atoms with van der Waals surface area (Å²) in [6, 6.07) is 0. The van der Waals surface area contributed by atoms with Crippen molar-refractivity contribution in [2.45, 2.75) is 239 Å². The molecule has 0 saturated heterocycles. The van der Waals surface area contributed by atoms with Crippen molar-refractivity contribution in [1.29, 1.82) is 0 Å². The van der Waals surface area contributed by atoms with Crippen molar-refractivity contribution >= 4 is 17.9 Å². The molecule has 58 heavy (non-hydrogen) atoms. The molecule has 6 heteroatoms. The Labute approximate surface area is 358 Å². The van der Waals surface area contributed by atoms with Crippen LogP contribution in [0.4, 0.5) is 0 Å². The Kier molecular flexibility index (Phi) is 44.5. The minimum Gasteiger partial charge on any atom is -0.462 e. The molecule has 0 heterocycles. The van der Waals surface area contributed by atoms with Crippen LogP contribution in [0.15, 0.2) is 60.8 Å². The number of hydrogen-bond acceptors (Lipinski definition) is 6. The highest BCUT2D eigenvalue weighted by molar-refractivity contribution is 5.71. The third-order valence-electron chi connectivity index (χ3n) is 10.3. The van der Waals surface area contributed by atoms with E-state index in [-0.39, 0.29) is 37.5 Å². The summed E-state index contributed by atoms with van der Waals surface area (Å²) < 4.78 is 16.7. The van der Waals surface area contributed by atoms with E-state index in [1.165, 1.54) is 109 Å². The Bertz CT molecular complexity index is 1070. The van der Waals surface area contributed by atoms with Crippen LogP contribution < -0.4 is 0 Å². The topological polar surface area (TPSA) is 78.9 Å². The molecule has 0 amide bonds. The maximum atomic E-state index is 12.7. The summed E-state index contributed by atoms with van der Waals surface area (Å²) in [7, 11) is 0. The average molecular weight is 811 g/mol. The fourth-order valence-corrected chi connectivity index (χ4v) is 6.65. The zero-order chi connectivity index (χ0) is 42.3. The Morgan fingerprint density at radius 1 is 0.362 bits per heavy atom. The van der Waals surface area contributed by atoms with Crippen LogP contribution in [0.5, 0.6) is 0 Å². The van der Waals surface area contributed by atoms with Gasteiger partial charge in [0.25, 0.3) is 0 Å². The number of carbonyl (C=O) groups is 3. The van der Waals surface area contributed by atoms with E-state index in [0.29, 0.717) is 19.3 Å². The van der Waals surface area contributed by atoms with Crippen LogP contribution in [0.25, 0.3) is 0 Å².